The van der Waals surface area contributed by atoms with E-state index in [2.05, 4.69) is 10.3 Å². The van der Waals surface area contributed by atoms with E-state index in [0.717, 1.165) is 5.39 Å². The summed E-state index contributed by atoms with van der Waals surface area (Å²) in [5.41, 5.74) is 0.895. The zero-order chi connectivity index (χ0) is 19.9. The van der Waals surface area contributed by atoms with Crippen LogP contribution in [0.25, 0.3) is 10.9 Å². The first-order valence-electron chi connectivity index (χ1n) is 8.76. The van der Waals surface area contributed by atoms with Crippen molar-refractivity contribution >= 4 is 33.6 Å². The zero-order valence-electron chi connectivity index (χ0n) is 15.3. The Balaban J connectivity index is 1.69. The minimum atomic E-state index is -1.28. The van der Waals surface area contributed by atoms with E-state index in [9.17, 15) is 13.8 Å². The number of nitrogens with one attached hydrogen (secondary N) is 1. The number of hydrogen-bond donors (Lipinski definition) is 1. The van der Waals surface area contributed by atoms with Crippen molar-refractivity contribution in [3.05, 3.63) is 72.4 Å². The van der Waals surface area contributed by atoms with Crippen LogP contribution in [0.4, 0.5) is 0 Å². The molecule has 0 aliphatic carbocycles. The summed E-state index contributed by atoms with van der Waals surface area (Å²) in [4.78, 5) is 29.7. The Morgan fingerprint density at radius 3 is 2.50 bits per heavy atom. The van der Waals surface area contributed by atoms with Crippen LogP contribution in [0.15, 0.2) is 71.6 Å². The number of pyridine rings is 1. The Kier molecular flexibility index (Phi) is 6.49. The highest BCUT2D eigenvalue weighted by molar-refractivity contribution is 7.85. The van der Waals surface area contributed by atoms with E-state index in [0.29, 0.717) is 10.4 Å². The molecule has 1 aromatic heterocycles. The van der Waals surface area contributed by atoms with Gasteiger partial charge in [0.25, 0.3) is 5.91 Å². The van der Waals surface area contributed by atoms with Gasteiger partial charge in [-0.2, -0.15) is 0 Å². The predicted octanol–water partition coefficient (Wildman–Crippen LogP) is 2.70. The van der Waals surface area contributed by atoms with E-state index in [1.807, 2.05) is 30.3 Å². The molecular weight excluding hydrogens is 376 g/mol. The van der Waals surface area contributed by atoms with Crippen LogP contribution in [-0.4, -0.2) is 40.0 Å². The number of rotatable bonds is 7. The molecule has 0 saturated heterocycles. The molecule has 1 N–H and O–H groups in total. The topological polar surface area (TPSA) is 85.4 Å². The molecule has 0 fully saturated rings. The van der Waals surface area contributed by atoms with Gasteiger partial charge in [-0.3, -0.25) is 9.00 Å². The van der Waals surface area contributed by atoms with Crippen LogP contribution in [0.3, 0.4) is 0 Å². The molecule has 28 heavy (non-hydrogen) atoms. The number of ether oxygens (including phenoxy) is 1. The summed E-state index contributed by atoms with van der Waals surface area (Å²) in [5, 5.41) is 3.56. The summed E-state index contributed by atoms with van der Waals surface area (Å²) in [6, 6.07) is 18.9. The first-order valence-corrected chi connectivity index (χ1v) is 10.1. The fourth-order valence-electron chi connectivity index (χ4n) is 2.73. The van der Waals surface area contributed by atoms with Gasteiger partial charge in [-0.05, 0) is 30.7 Å². The Labute approximate surface area is 165 Å². The molecule has 7 heteroatoms. The number of amides is 1. The summed E-state index contributed by atoms with van der Waals surface area (Å²) in [5.74, 6) is -0.847. The number of carbonyl (C=O) groups is 2. The Hall–Kier alpha value is -3.06. The fraction of sp³-hybridized carbons (Fsp3) is 0.190. The lowest BCUT2D eigenvalue weighted by Crippen LogP contribution is -2.42. The Morgan fingerprint density at radius 2 is 1.75 bits per heavy atom. The molecule has 0 spiro atoms. The summed E-state index contributed by atoms with van der Waals surface area (Å²) >= 11 is 0. The third-order valence-electron chi connectivity index (χ3n) is 4.22. The summed E-state index contributed by atoms with van der Waals surface area (Å²) in [6.07, 6.45) is 0.188. The normalized spacial score (nSPS) is 12.9. The summed E-state index contributed by atoms with van der Waals surface area (Å²) < 4.78 is 17.2. The molecule has 0 saturated carbocycles. The molecule has 0 bridgehead atoms. The van der Waals surface area contributed by atoms with Gasteiger partial charge in [0.05, 0.1) is 23.4 Å². The second-order valence-corrected chi connectivity index (χ2v) is 7.66. The maximum atomic E-state index is 12.6. The average Bonchev–Trinajstić information content (AvgIpc) is 2.75. The van der Waals surface area contributed by atoms with Crippen molar-refractivity contribution in [1.29, 1.82) is 0 Å². The highest BCUT2D eigenvalue weighted by Gasteiger charge is 2.23. The van der Waals surface area contributed by atoms with Gasteiger partial charge < -0.3 is 10.1 Å². The van der Waals surface area contributed by atoms with Gasteiger partial charge in [0.2, 0.25) is 0 Å². The summed E-state index contributed by atoms with van der Waals surface area (Å²) in [6.45, 7) is 0. The second kappa shape index (κ2) is 9.23. The van der Waals surface area contributed by atoms with Crippen LogP contribution in [0, 0.1) is 0 Å². The quantitative estimate of drug-likeness (QED) is 0.621. The minimum Gasteiger partial charge on any atom is -0.467 e. The third-order valence-corrected chi connectivity index (χ3v) is 5.62. The van der Waals surface area contributed by atoms with Crippen molar-refractivity contribution < 1.29 is 18.5 Å². The van der Waals surface area contributed by atoms with Crippen molar-refractivity contribution in [2.75, 3.05) is 12.9 Å². The SMILES string of the molecule is COC(=O)[C@H](CC[S@@](=O)c1ccccc1)NC(=O)c1ccc2ccccc2n1. The lowest BCUT2D eigenvalue weighted by atomic mass is 10.2. The van der Waals surface area contributed by atoms with Gasteiger partial charge in [0.15, 0.2) is 0 Å². The molecule has 0 unspecified atom stereocenters. The lowest BCUT2D eigenvalue weighted by Gasteiger charge is -2.16. The largest absolute Gasteiger partial charge is 0.467 e. The zero-order valence-corrected chi connectivity index (χ0v) is 16.1. The highest BCUT2D eigenvalue weighted by Crippen LogP contribution is 2.13. The van der Waals surface area contributed by atoms with Crippen molar-refractivity contribution in [1.82, 2.24) is 10.3 Å². The van der Waals surface area contributed by atoms with Crippen LogP contribution < -0.4 is 5.32 Å². The molecule has 2 aromatic carbocycles. The van der Waals surface area contributed by atoms with Gasteiger partial charge in [-0.15, -0.1) is 0 Å². The fourth-order valence-corrected chi connectivity index (χ4v) is 3.88. The highest BCUT2D eigenvalue weighted by atomic mass is 32.2. The number of hydrogen-bond acceptors (Lipinski definition) is 5. The molecule has 144 valence electrons. The standard InChI is InChI=1S/C21H20N2O4S/c1-27-21(25)19(13-14-28(26)16-8-3-2-4-9-16)23-20(24)18-12-11-15-7-5-6-10-17(15)22-18/h2-12,19H,13-14H2,1H3,(H,23,24)/t19-,28+/m0/s1. The first-order chi connectivity index (χ1) is 13.6. The molecule has 0 radical (unpaired) electrons. The molecule has 1 heterocycles. The molecule has 2 atom stereocenters. The van der Waals surface area contributed by atoms with E-state index in [1.54, 1.807) is 36.4 Å². The van der Waals surface area contributed by atoms with Crippen molar-refractivity contribution in [2.45, 2.75) is 17.4 Å². The Bertz CT molecular complexity index is 1010. The number of esters is 1. The number of para-hydroxylation sites is 1. The van der Waals surface area contributed by atoms with E-state index < -0.39 is 28.7 Å². The predicted molar refractivity (Wildman–Crippen MR) is 107 cm³/mol. The van der Waals surface area contributed by atoms with Crippen LogP contribution in [0.1, 0.15) is 16.9 Å². The van der Waals surface area contributed by atoms with Gasteiger partial charge >= 0.3 is 5.97 Å². The van der Waals surface area contributed by atoms with Crippen LogP contribution >= 0.6 is 0 Å². The number of benzene rings is 2. The van der Waals surface area contributed by atoms with Crippen molar-refractivity contribution in [3.63, 3.8) is 0 Å². The average molecular weight is 396 g/mol. The molecule has 3 rings (SSSR count). The van der Waals surface area contributed by atoms with E-state index in [-0.39, 0.29) is 17.9 Å². The number of nitrogens with zero attached hydrogens (tertiary/aromatic N) is 1. The maximum absolute atomic E-state index is 12.6. The van der Waals surface area contributed by atoms with E-state index in [1.165, 1.54) is 7.11 Å². The molecule has 1 amide bonds. The molecule has 3 aromatic rings. The van der Waals surface area contributed by atoms with Gasteiger partial charge in [0.1, 0.15) is 11.7 Å². The number of methoxy groups -OCH3 is 1. The monoisotopic (exact) mass is 396 g/mol. The smallest absolute Gasteiger partial charge is 0.328 e. The number of carbonyl (C=O) groups excluding carboxylic acids is 2. The lowest BCUT2D eigenvalue weighted by molar-refractivity contribution is -0.142. The van der Waals surface area contributed by atoms with Gasteiger partial charge in [-0.25, -0.2) is 9.78 Å². The van der Waals surface area contributed by atoms with Crippen molar-refractivity contribution in [3.8, 4) is 0 Å². The molecular formula is C21H20N2O4S. The van der Waals surface area contributed by atoms with E-state index in [4.69, 9.17) is 4.74 Å². The summed E-state index contributed by atoms with van der Waals surface area (Å²) in [7, 11) is -0.0212. The second-order valence-electron chi connectivity index (χ2n) is 6.09. The van der Waals surface area contributed by atoms with Gasteiger partial charge in [0, 0.05) is 16.0 Å². The van der Waals surface area contributed by atoms with Gasteiger partial charge in [-0.1, -0.05) is 42.5 Å². The number of aromatic nitrogens is 1. The van der Waals surface area contributed by atoms with Crippen LogP contribution in [-0.2, 0) is 20.3 Å². The first kappa shape index (κ1) is 19.7. The van der Waals surface area contributed by atoms with E-state index >= 15 is 0 Å². The van der Waals surface area contributed by atoms with Crippen LogP contribution in [0.5, 0.6) is 0 Å². The molecule has 0 aliphatic rings. The third kappa shape index (κ3) is 4.80. The Morgan fingerprint density at radius 1 is 1.04 bits per heavy atom. The molecule has 6 nitrogen and oxygen atoms in total. The molecule has 0 aliphatic heterocycles. The minimum absolute atomic E-state index is 0.188. The van der Waals surface area contributed by atoms with Crippen molar-refractivity contribution in [2.24, 2.45) is 0 Å². The maximum Gasteiger partial charge on any atom is 0.328 e. The van der Waals surface area contributed by atoms with Crippen LogP contribution in [0.2, 0.25) is 0 Å². The number of fused-ring (bicyclic) bond motifs is 1.